The van der Waals surface area contributed by atoms with Gasteiger partial charge in [-0.05, 0) is 116 Å². The van der Waals surface area contributed by atoms with Crippen LogP contribution in [0.4, 0.5) is 0 Å². The van der Waals surface area contributed by atoms with E-state index in [1.807, 2.05) is 0 Å². The Morgan fingerprint density at radius 3 is 0.827 bits per heavy atom. The van der Waals surface area contributed by atoms with Gasteiger partial charge in [-0.2, -0.15) is 0 Å². The Morgan fingerprint density at radius 2 is 0.520 bits per heavy atom. The third-order valence-electron chi connectivity index (χ3n) is 12.7. The molecule has 0 fully saturated rings. The standard InChI is InChI=1S/C69H112O6/c1-4-7-10-13-16-19-22-25-27-29-31-32-33-34-35-36-38-39-41-44-47-50-53-56-59-62-68(71)74-65-66(64-73-67(70)61-58-55-52-49-46-43-24-21-18-15-12-9-6-3)75-69(72)63-60-57-54-51-48-45-42-40-37-30-28-26-23-20-17-14-11-8-5-2/h7-8,10-11,16-17,19-20,25-28,31-32,34-35,37-40,45,48,66H,4-6,9,12-15,18,21-24,29-30,33,36,41-44,46-47,49-65H2,1-3H3/b10-7-,11-8-,19-16-,20-17-,27-25-,28-26-,32-31-,35-34-,39-38-,40-37-,48-45-. The molecule has 0 aromatic carbocycles. The Kier molecular flexibility index (Phi) is 58.4. The van der Waals surface area contributed by atoms with E-state index in [0.29, 0.717) is 12.8 Å². The largest absolute Gasteiger partial charge is 0.462 e. The highest BCUT2D eigenvalue weighted by Gasteiger charge is 2.19. The second-order valence-electron chi connectivity index (χ2n) is 19.9. The lowest BCUT2D eigenvalue weighted by atomic mass is 10.0. The van der Waals surface area contributed by atoms with Crippen molar-refractivity contribution in [3.8, 4) is 0 Å². The topological polar surface area (TPSA) is 78.9 Å². The van der Waals surface area contributed by atoms with Crippen molar-refractivity contribution in [1.82, 2.24) is 0 Å². The maximum atomic E-state index is 12.9. The molecule has 0 radical (unpaired) electrons. The molecule has 0 rings (SSSR count). The normalized spacial score (nSPS) is 13.1. The highest BCUT2D eigenvalue weighted by Crippen LogP contribution is 2.15. The Morgan fingerprint density at radius 1 is 0.280 bits per heavy atom. The molecule has 0 aliphatic heterocycles. The molecule has 0 saturated carbocycles. The smallest absolute Gasteiger partial charge is 0.306 e. The minimum absolute atomic E-state index is 0.0983. The van der Waals surface area contributed by atoms with Crippen LogP contribution in [0.2, 0.25) is 0 Å². The van der Waals surface area contributed by atoms with Crippen molar-refractivity contribution >= 4 is 17.9 Å². The Bertz CT molecular complexity index is 1620. The zero-order valence-corrected chi connectivity index (χ0v) is 48.5. The fraction of sp³-hybridized carbons (Fsp3) is 0.638. The van der Waals surface area contributed by atoms with E-state index in [4.69, 9.17) is 14.2 Å². The monoisotopic (exact) mass is 1040 g/mol. The van der Waals surface area contributed by atoms with E-state index in [1.54, 1.807) is 0 Å². The first kappa shape index (κ1) is 70.5. The summed E-state index contributed by atoms with van der Waals surface area (Å²) < 4.78 is 16.9. The lowest BCUT2D eigenvalue weighted by molar-refractivity contribution is -0.167. The van der Waals surface area contributed by atoms with Gasteiger partial charge >= 0.3 is 17.9 Å². The summed E-state index contributed by atoms with van der Waals surface area (Å²) in [5.41, 5.74) is 0. The molecule has 6 nitrogen and oxygen atoms in total. The summed E-state index contributed by atoms with van der Waals surface area (Å²) in [5.74, 6) is -0.945. The highest BCUT2D eigenvalue weighted by molar-refractivity contribution is 5.71. The van der Waals surface area contributed by atoms with Gasteiger partial charge in [0.2, 0.25) is 0 Å². The van der Waals surface area contributed by atoms with E-state index in [9.17, 15) is 14.4 Å². The maximum absolute atomic E-state index is 12.9. The fourth-order valence-electron chi connectivity index (χ4n) is 8.12. The van der Waals surface area contributed by atoms with Crippen LogP contribution in [0.15, 0.2) is 134 Å². The van der Waals surface area contributed by atoms with Crippen LogP contribution in [0.5, 0.6) is 0 Å². The zero-order valence-electron chi connectivity index (χ0n) is 48.5. The Hall–Kier alpha value is -4.45. The zero-order chi connectivity index (χ0) is 54.3. The van der Waals surface area contributed by atoms with Crippen LogP contribution in [0, 0.1) is 0 Å². The van der Waals surface area contributed by atoms with Gasteiger partial charge in [0.25, 0.3) is 0 Å². The molecular weight excluding hydrogens is 925 g/mol. The third-order valence-corrected chi connectivity index (χ3v) is 12.7. The first-order valence-electron chi connectivity index (χ1n) is 30.7. The molecule has 0 heterocycles. The fourth-order valence-corrected chi connectivity index (χ4v) is 8.12. The molecule has 6 heteroatoms. The van der Waals surface area contributed by atoms with Crippen molar-refractivity contribution in [2.24, 2.45) is 0 Å². The van der Waals surface area contributed by atoms with Gasteiger partial charge in [0, 0.05) is 19.3 Å². The van der Waals surface area contributed by atoms with Crippen LogP contribution in [0.3, 0.4) is 0 Å². The third kappa shape index (κ3) is 60.3. The van der Waals surface area contributed by atoms with Gasteiger partial charge in [-0.3, -0.25) is 14.4 Å². The first-order chi connectivity index (χ1) is 37.0. The molecule has 1 atom stereocenters. The summed E-state index contributed by atoms with van der Waals surface area (Å²) >= 11 is 0. The molecule has 0 bridgehead atoms. The van der Waals surface area contributed by atoms with E-state index in [-0.39, 0.29) is 37.5 Å². The van der Waals surface area contributed by atoms with E-state index in [0.717, 1.165) is 148 Å². The van der Waals surface area contributed by atoms with Gasteiger partial charge in [-0.15, -0.1) is 0 Å². The molecule has 0 aromatic heterocycles. The minimum atomic E-state index is -0.806. The summed E-state index contributed by atoms with van der Waals surface area (Å²) in [4.78, 5) is 38.3. The molecule has 0 saturated heterocycles. The van der Waals surface area contributed by atoms with Crippen molar-refractivity contribution in [1.29, 1.82) is 0 Å². The molecule has 0 aliphatic carbocycles. The van der Waals surface area contributed by atoms with Gasteiger partial charge in [-0.1, -0.05) is 264 Å². The van der Waals surface area contributed by atoms with Crippen molar-refractivity contribution < 1.29 is 28.6 Å². The van der Waals surface area contributed by atoms with Gasteiger partial charge in [0.15, 0.2) is 6.10 Å². The van der Waals surface area contributed by atoms with Crippen LogP contribution in [0.25, 0.3) is 0 Å². The number of hydrogen-bond donors (Lipinski definition) is 0. The predicted molar refractivity (Wildman–Crippen MR) is 325 cm³/mol. The lowest BCUT2D eigenvalue weighted by Gasteiger charge is -2.18. The average molecular weight is 1040 g/mol. The van der Waals surface area contributed by atoms with Gasteiger partial charge in [-0.25, -0.2) is 0 Å². The van der Waals surface area contributed by atoms with E-state index in [2.05, 4.69) is 154 Å². The molecule has 0 N–H and O–H groups in total. The number of carbonyl (C=O) groups is 3. The molecule has 0 amide bonds. The molecule has 0 aliphatic rings. The van der Waals surface area contributed by atoms with E-state index in [1.165, 1.54) is 77.0 Å². The van der Waals surface area contributed by atoms with Crippen LogP contribution in [-0.2, 0) is 28.6 Å². The highest BCUT2D eigenvalue weighted by atomic mass is 16.6. The molecule has 75 heavy (non-hydrogen) atoms. The van der Waals surface area contributed by atoms with Crippen molar-refractivity contribution in [3.63, 3.8) is 0 Å². The second kappa shape index (κ2) is 62.1. The molecule has 1 unspecified atom stereocenters. The maximum Gasteiger partial charge on any atom is 0.306 e. The summed E-state index contributed by atoms with van der Waals surface area (Å²) in [6, 6.07) is 0. The number of rotatable bonds is 54. The summed E-state index contributed by atoms with van der Waals surface area (Å²) in [5, 5.41) is 0. The van der Waals surface area contributed by atoms with Gasteiger partial charge in [0.05, 0.1) is 0 Å². The molecule has 0 aromatic rings. The van der Waals surface area contributed by atoms with E-state index >= 15 is 0 Å². The van der Waals surface area contributed by atoms with Crippen LogP contribution in [-0.4, -0.2) is 37.2 Å². The van der Waals surface area contributed by atoms with Crippen molar-refractivity contribution in [3.05, 3.63) is 134 Å². The first-order valence-corrected chi connectivity index (χ1v) is 30.7. The molecular formula is C69H112O6. The number of allylic oxidation sites excluding steroid dienone is 22. The quantitative estimate of drug-likeness (QED) is 0.0261. The van der Waals surface area contributed by atoms with Crippen molar-refractivity contribution in [2.75, 3.05) is 13.2 Å². The Labute approximate surface area is 462 Å². The number of unbranched alkanes of at least 4 members (excludes halogenated alkanes) is 21. The van der Waals surface area contributed by atoms with Crippen LogP contribution in [0.1, 0.15) is 265 Å². The number of esters is 3. The summed E-state index contributed by atoms with van der Waals surface area (Å²) in [7, 11) is 0. The van der Waals surface area contributed by atoms with Gasteiger partial charge in [0.1, 0.15) is 13.2 Å². The average Bonchev–Trinajstić information content (AvgIpc) is 3.41. The minimum Gasteiger partial charge on any atom is -0.462 e. The lowest BCUT2D eigenvalue weighted by Crippen LogP contribution is -2.30. The summed E-state index contributed by atoms with van der Waals surface area (Å²) in [6.07, 6.45) is 87.3. The molecule has 0 spiro atoms. The Balaban J connectivity index is 4.45. The number of ether oxygens (including phenoxy) is 3. The number of carbonyl (C=O) groups excluding carboxylic acids is 3. The van der Waals surface area contributed by atoms with Crippen LogP contribution >= 0.6 is 0 Å². The van der Waals surface area contributed by atoms with E-state index < -0.39 is 6.10 Å². The van der Waals surface area contributed by atoms with Crippen molar-refractivity contribution in [2.45, 2.75) is 271 Å². The SMILES string of the molecule is CC/C=C\C/C=C\C/C=C\C/C=C\C/C=C\C/C=C\CCCCCCCCC(=O)OCC(COC(=O)CCCCCCCCCCCCCCC)OC(=O)CCCCC/C=C\C/C=C\C/C=C\C/C=C\C/C=C\CC. The predicted octanol–water partition coefficient (Wildman–Crippen LogP) is 21.0. The summed E-state index contributed by atoms with van der Waals surface area (Å²) in [6.45, 7) is 6.38. The van der Waals surface area contributed by atoms with Gasteiger partial charge < -0.3 is 14.2 Å². The van der Waals surface area contributed by atoms with Crippen LogP contribution < -0.4 is 0 Å². The molecule has 424 valence electrons. The second-order valence-corrected chi connectivity index (χ2v) is 19.9. The number of hydrogen-bond acceptors (Lipinski definition) is 6.